The number of ether oxygens (including phenoxy) is 1. The molecule has 6 nitrogen and oxygen atoms in total. The van der Waals surface area contributed by atoms with E-state index in [-0.39, 0.29) is 5.91 Å². The molecule has 138 valence electrons. The van der Waals surface area contributed by atoms with Gasteiger partial charge in [-0.1, -0.05) is 29.8 Å². The molecule has 7 heteroatoms. The van der Waals surface area contributed by atoms with Gasteiger partial charge in [0.05, 0.1) is 12.7 Å². The normalized spacial score (nSPS) is 10.3. The van der Waals surface area contributed by atoms with E-state index in [4.69, 9.17) is 16.3 Å². The highest BCUT2D eigenvalue weighted by Crippen LogP contribution is 2.19. The number of aromatic nitrogens is 2. The maximum Gasteiger partial charge on any atom is 0.254 e. The molecule has 0 saturated carbocycles. The third kappa shape index (κ3) is 5.43. The number of carbonyl (C=O) groups is 1. The number of methoxy groups -OCH3 is 1. The predicted molar refractivity (Wildman–Crippen MR) is 106 cm³/mol. The molecule has 0 spiro atoms. The summed E-state index contributed by atoms with van der Waals surface area (Å²) in [5, 5.41) is 6.62. The fourth-order valence-corrected chi connectivity index (χ4v) is 2.54. The van der Waals surface area contributed by atoms with Crippen LogP contribution in [0.15, 0.2) is 60.9 Å². The van der Waals surface area contributed by atoms with E-state index >= 15 is 0 Å². The van der Waals surface area contributed by atoms with Crippen LogP contribution in [-0.4, -0.2) is 29.5 Å². The van der Waals surface area contributed by atoms with E-state index in [0.29, 0.717) is 23.1 Å². The molecule has 3 rings (SSSR count). The van der Waals surface area contributed by atoms with Crippen LogP contribution in [0.3, 0.4) is 0 Å². The van der Waals surface area contributed by atoms with Crippen LogP contribution in [0.2, 0.25) is 5.02 Å². The number of rotatable bonds is 7. The molecule has 27 heavy (non-hydrogen) atoms. The molecule has 0 aliphatic carbocycles. The highest BCUT2D eigenvalue weighted by molar-refractivity contribution is 6.30. The Morgan fingerprint density at radius 3 is 2.56 bits per heavy atom. The van der Waals surface area contributed by atoms with Gasteiger partial charge in [0.15, 0.2) is 0 Å². The van der Waals surface area contributed by atoms with Gasteiger partial charge < -0.3 is 15.4 Å². The molecule has 0 bridgehead atoms. The van der Waals surface area contributed by atoms with Gasteiger partial charge in [-0.3, -0.25) is 4.79 Å². The number of benzene rings is 2. The van der Waals surface area contributed by atoms with Crippen LogP contribution in [0.4, 0.5) is 11.6 Å². The fourth-order valence-electron chi connectivity index (χ4n) is 2.41. The highest BCUT2D eigenvalue weighted by atomic mass is 35.5. The van der Waals surface area contributed by atoms with Crippen molar-refractivity contribution in [2.45, 2.75) is 6.42 Å². The van der Waals surface area contributed by atoms with Gasteiger partial charge in [0.1, 0.15) is 5.75 Å². The Labute approximate surface area is 162 Å². The monoisotopic (exact) mass is 382 g/mol. The van der Waals surface area contributed by atoms with E-state index < -0.39 is 0 Å². The number of nitrogens with one attached hydrogen (secondary N) is 2. The second kappa shape index (κ2) is 9.00. The lowest BCUT2D eigenvalue weighted by atomic mass is 10.1. The van der Waals surface area contributed by atoms with Gasteiger partial charge in [-0.25, -0.2) is 9.97 Å². The van der Waals surface area contributed by atoms with Crippen molar-refractivity contribution in [3.63, 3.8) is 0 Å². The molecule has 0 atom stereocenters. The van der Waals surface area contributed by atoms with E-state index in [1.165, 1.54) is 12.4 Å². The average Bonchev–Trinajstić information content (AvgIpc) is 2.70. The predicted octanol–water partition coefficient (Wildman–Crippen LogP) is 3.85. The Kier molecular flexibility index (Phi) is 6.22. The number of anilines is 2. The Balaban J connectivity index is 1.52. The van der Waals surface area contributed by atoms with Gasteiger partial charge >= 0.3 is 0 Å². The lowest BCUT2D eigenvalue weighted by molar-refractivity contribution is 0.0953. The third-order valence-corrected chi connectivity index (χ3v) is 4.10. The van der Waals surface area contributed by atoms with E-state index in [2.05, 4.69) is 20.6 Å². The maximum atomic E-state index is 12.2. The summed E-state index contributed by atoms with van der Waals surface area (Å²) in [7, 11) is 1.61. The summed E-state index contributed by atoms with van der Waals surface area (Å²) < 4.78 is 5.18. The van der Waals surface area contributed by atoms with Crippen LogP contribution in [-0.2, 0) is 6.42 Å². The Bertz CT molecular complexity index is 899. The molecule has 1 aromatic heterocycles. The molecular formula is C20H19ClN4O2. The van der Waals surface area contributed by atoms with Gasteiger partial charge in [0, 0.05) is 35.7 Å². The smallest absolute Gasteiger partial charge is 0.254 e. The minimum atomic E-state index is -0.211. The highest BCUT2D eigenvalue weighted by Gasteiger charge is 2.07. The van der Waals surface area contributed by atoms with Crippen molar-refractivity contribution in [1.82, 2.24) is 15.3 Å². The van der Waals surface area contributed by atoms with E-state index in [1.807, 2.05) is 48.5 Å². The van der Waals surface area contributed by atoms with E-state index in [1.54, 1.807) is 7.11 Å². The summed E-state index contributed by atoms with van der Waals surface area (Å²) in [6.45, 7) is 0.518. The second-order valence-corrected chi connectivity index (χ2v) is 6.22. The molecule has 2 aromatic carbocycles. The van der Waals surface area contributed by atoms with Crippen molar-refractivity contribution < 1.29 is 9.53 Å². The zero-order valence-corrected chi connectivity index (χ0v) is 15.5. The summed E-state index contributed by atoms with van der Waals surface area (Å²) in [5.41, 5.74) is 2.31. The lowest BCUT2D eigenvalue weighted by Crippen LogP contribution is -2.26. The lowest BCUT2D eigenvalue weighted by Gasteiger charge is -2.08. The minimum absolute atomic E-state index is 0.211. The number of hydrogen-bond donors (Lipinski definition) is 2. The summed E-state index contributed by atoms with van der Waals surface area (Å²) in [4.78, 5) is 20.6. The van der Waals surface area contributed by atoms with Crippen molar-refractivity contribution >= 4 is 29.1 Å². The van der Waals surface area contributed by atoms with Gasteiger partial charge in [-0.2, -0.15) is 0 Å². The van der Waals surface area contributed by atoms with Crippen molar-refractivity contribution in [1.29, 1.82) is 0 Å². The summed E-state index contributed by atoms with van der Waals surface area (Å²) in [6, 6.07) is 15.0. The van der Waals surface area contributed by atoms with Crippen LogP contribution in [0.25, 0.3) is 0 Å². The first-order chi connectivity index (χ1) is 13.1. The molecule has 1 amide bonds. The Hall–Kier alpha value is -3.12. The second-order valence-electron chi connectivity index (χ2n) is 5.78. The zero-order valence-electron chi connectivity index (χ0n) is 14.8. The number of carbonyl (C=O) groups excluding carboxylic acids is 1. The Morgan fingerprint density at radius 1 is 1.11 bits per heavy atom. The standard InChI is InChI=1S/C20H19ClN4O2/c1-27-18-4-2-3-17(11-18)25-20-23-12-15(13-24-20)19(26)22-10-9-14-5-7-16(21)8-6-14/h2-8,11-13H,9-10H2,1H3,(H,22,26)(H,23,24,25). The van der Waals surface area contributed by atoms with Crippen LogP contribution >= 0.6 is 11.6 Å². The van der Waals surface area contributed by atoms with Crippen LogP contribution in [0.5, 0.6) is 5.75 Å². The number of halogens is 1. The molecule has 0 unspecified atom stereocenters. The summed E-state index contributed by atoms with van der Waals surface area (Å²) in [5.74, 6) is 0.926. The number of nitrogens with zero attached hydrogens (tertiary/aromatic N) is 2. The first kappa shape index (κ1) is 18.7. The van der Waals surface area contributed by atoms with Crippen LogP contribution in [0, 0.1) is 0 Å². The molecule has 0 saturated heterocycles. The van der Waals surface area contributed by atoms with E-state index in [0.717, 1.165) is 23.4 Å². The van der Waals surface area contributed by atoms with Gasteiger partial charge in [0.2, 0.25) is 5.95 Å². The number of hydrogen-bond acceptors (Lipinski definition) is 5. The van der Waals surface area contributed by atoms with Crippen molar-refractivity contribution in [2.24, 2.45) is 0 Å². The molecular weight excluding hydrogens is 364 g/mol. The minimum Gasteiger partial charge on any atom is -0.497 e. The molecule has 0 radical (unpaired) electrons. The quantitative estimate of drug-likeness (QED) is 0.649. The van der Waals surface area contributed by atoms with E-state index in [9.17, 15) is 4.79 Å². The van der Waals surface area contributed by atoms with Crippen LogP contribution in [0.1, 0.15) is 15.9 Å². The fraction of sp³-hybridized carbons (Fsp3) is 0.150. The van der Waals surface area contributed by atoms with Gasteiger partial charge in [-0.05, 0) is 36.2 Å². The third-order valence-electron chi connectivity index (χ3n) is 3.85. The van der Waals surface area contributed by atoms with Gasteiger partial charge in [-0.15, -0.1) is 0 Å². The first-order valence-corrected chi connectivity index (χ1v) is 8.77. The van der Waals surface area contributed by atoms with Crippen molar-refractivity contribution in [3.05, 3.63) is 77.1 Å². The topological polar surface area (TPSA) is 76.1 Å². The summed E-state index contributed by atoms with van der Waals surface area (Å²) >= 11 is 5.86. The molecule has 0 aliphatic rings. The van der Waals surface area contributed by atoms with Crippen LogP contribution < -0.4 is 15.4 Å². The molecule has 2 N–H and O–H groups in total. The average molecular weight is 383 g/mol. The zero-order chi connectivity index (χ0) is 19.1. The largest absolute Gasteiger partial charge is 0.497 e. The van der Waals surface area contributed by atoms with Gasteiger partial charge in [0.25, 0.3) is 5.91 Å². The maximum absolute atomic E-state index is 12.2. The van der Waals surface area contributed by atoms with Crippen molar-refractivity contribution in [2.75, 3.05) is 19.0 Å². The molecule has 3 aromatic rings. The first-order valence-electron chi connectivity index (χ1n) is 8.40. The molecule has 0 aliphatic heterocycles. The summed E-state index contributed by atoms with van der Waals surface area (Å²) in [6.07, 6.45) is 3.71. The Morgan fingerprint density at radius 2 is 1.85 bits per heavy atom. The molecule has 0 fully saturated rings. The number of amides is 1. The van der Waals surface area contributed by atoms with Crippen molar-refractivity contribution in [3.8, 4) is 5.75 Å². The molecule has 1 heterocycles. The SMILES string of the molecule is COc1cccc(Nc2ncc(C(=O)NCCc3ccc(Cl)cc3)cn2)c1.